The Kier molecular flexibility index (Phi) is 3.64. The van der Waals surface area contributed by atoms with Gasteiger partial charge in [0.25, 0.3) is 0 Å². The van der Waals surface area contributed by atoms with Gasteiger partial charge in [0.1, 0.15) is 4.60 Å². The summed E-state index contributed by atoms with van der Waals surface area (Å²) in [5.74, 6) is 0.787. The predicted molar refractivity (Wildman–Crippen MR) is 59.9 cm³/mol. The summed E-state index contributed by atoms with van der Waals surface area (Å²) in [4.78, 5) is 0. The van der Waals surface area contributed by atoms with Crippen molar-refractivity contribution < 1.29 is 9.84 Å². The number of aromatic nitrogens is 2. The molecule has 4 nitrogen and oxygen atoms in total. The number of nitrogens with zero attached hydrogens (tertiary/aromatic N) is 2. The van der Waals surface area contributed by atoms with E-state index in [1.807, 2.05) is 0 Å². The van der Waals surface area contributed by atoms with Gasteiger partial charge in [-0.2, -0.15) is 5.10 Å². The molecule has 0 atom stereocenters. The standard InChI is InChI=1S/C10H15BrN2O2/c11-10-9(7-12-13(10)5-6-14)15-8-3-1-2-4-8/h7-8,14H,1-6H2. The van der Waals surface area contributed by atoms with Crippen LogP contribution in [0.2, 0.25) is 0 Å². The van der Waals surface area contributed by atoms with Gasteiger partial charge in [-0.05, 0) is 41.6 Å². The predicted octanol–water partition coefficient (Wildman–Crippen LogP) is 1.96. The third-order valence-corrected chi connectivity index (χ3v) is 3.45. The highest BCUT2D eigenvalue weighted by Gasteiger charge is 2.19. The minimum absolute atomic E-state index is 0.0865. The second kappa shape index (κ2) is 4.99. The molecule has 0 saturated heterocycles. The van der Waals surface area contributed by atoms with Crippen molar-refractivity contribution in [2.24, 2.45) is 0 Å². The Balaban J connectivity index is 2.01. The summed E-state index contributed by atoms with van der Waals surface area (Å²) in [5, 5.41) is 12.9. The van der Waals surface area contributed by atoms with Crippen LogP contribution in [0.15, 0.2) is 10.8 Å². The van der Waals surface area contributed by atoms with Gasteiger partial charge in [0, 0.05) is 0 Å². The van der Waals surface area contributed by atoms with Crippen LogP contribution >= 0.6 is 15.9 Å². The second-order valence-corrected chi connectivity index (χ2v) is 4.52. The quantitative estimate of drug-likeness (QED) is 0.913. The number of halogens is 1. The van der Waals surface area contributed by atoms with Gasteiger partial charge < -0.3 is 9.84 Å². The lowest BCUT2D eigenvalue weighted by Gasteiger charge is -2.11. The van der Waals surface area contributed by atoms with E-state index in [1.54, 1.807) is 10.9 Å². The Morgan fingerprint density at radius 1 is 1.53 bits per heavy atom. The maximum absolute atomic E-state index is 8.82. The third-order valence-electron chi connectivity index (χ3n) is 2.65. The zero-order chi connectivity index (χ0) is 10.7. The summed E-state index contributed by atoms with van der Waals surface area (Å²) < 4.78 is 8.34. The van der Waals surface area contributed by atoms with E-state index in [9.17, 15) is 0 Å². The lowest BCUT2D eigenvalue weighted by atomic mass is 10.3. The fraction of sp³-hybridized carbons (Fsp3) is 0.700. The molecule has 2 rings (SSSR count). The van der Waals surface area contributed by atoms with Crippen molar-refractivity contribution in [3.8, 4) is 5.75 Å². The molecule has 5 heteroatoms. The molecule has 0 spiro atoms. The molecule has 0 amide bonds. The first-order valence-corrected chi connectivity index (χ1v) is 6.09. The first-order valence-electron chi connectivity index (χ1n) is 5.30. The van der Waals surface area contributed by atoms with Crippen LogP contribution in [0, 0.1) is 0 Å². The summed E-state index contributed by atoms with van der Waals surface area (Å²) in [6, 6.07) is 0. The lowest BCUT2D eigenvalue weighted by Crippen LogP contribution is -2.11. The molecular weight excluding hydrogens is 260 g/mol. The van der Waals surface area contributed by atoms with Crippen LogP contribution in [0.5, 0.6) is 5.75 Å². The smallest absolute Gasteiger partial charge is 0.172 e. The van der Waals surface area contributed by atoms with Gasteiger partial charge in [0.15, 0.2) is 5.75 Å². The van der Waals surface area contributed by atoms with Crippen LogP contribution in [0.3, 0.4) is 0 Å². The van der Waals surface area contributed by atoms with Crippen LogP contribution in [0.1, 0.15) is 25.7 Å². The van der Waals surface area contributed by atoms with Gasteiger partial charge in [-0.25, -0.2) is 0 Å². The summed E-state index contributed by atoms with van der Waals surface area (Å²) >= 11 is 3.42. The van der Waals surface area contributed by atoms with Crippen molar-refractivity contribution in [2.75, 3.05) is 6.61 Å². The number of hydrogen-bond donors (Lipinski definition) is 1. The summed E-state index contributed by atoms with van der Waals surface area (Å²) in [6.07, 6.45) is 6.83. The van der Waals surface area contributed by atoms with E-state index >= 15 is 0 Å². The van der Waals surface area contributed by atoms with Crippen molar-refractivity contribution in [3.63, 3.8) is 0 Å². The second-order valence-electron chi connectivity index (χ2n) is 3.77. The summed E-state index contributed by atoms with van der Waals surface area (Å²) in [7, 11) is 0. The Morgan fingerprint density at radius 2 is 2.27 bits per heavy atom. The van der Waals surface area contributed by atoms with Crippen molar-refractivity contribution in [1.29, 1.82) is 0 Å². The first kappa shape index (κ1) is 11.0. The molecule has 84 valence electrons. The third kappa shape index (κ3) is 2.52. The first-order chi connectivity index (χ1) is 7.31. The highest BCUT2D eigenvalue weighted by molar-refractivity contribution is 9.10. The average Bonchev–Trinajstić information content (AvgIpc) is 2.83. The molecule has 15 heavy (non-hydrogen) atoms. The largest absolute Gasteiger partial charge is 0.486 e. The molecule has 1 heterocycles. The van der Waals surface area contributed by atoms with E-state index in [0.29, 0.717) is 12.6 Å². The van der Waals surface area contributed by atoms with Crippen LogP contribution in [0.25, 0.3) is 0 Å². The topological polar surface area (TPSA) is 47.3 Å². The molecule has 1 N–H and O–H groups in total. The maximum Gasteiger partial charge on any atom is 0.172 e. The number of ether oxygens (including phenoxy) is 1. The van der Waals surface area contributed by atoms with Crippen LogP contribution < -0.4 is 4.74 Å². The fourth-order valence-corrected chi connectivity index (χ4v) is 2.33. The van der Waals surface area contributed by atoms with E-state index in [4.69, 9.17) is 9.84 Å². The van der Waals surface area contributed by atoms with E-state index in [0.717, 1.165) is 23.2 Å². The maximum atomic E-state index is 8.82. The van der Waals surface area contributed by atoms with Crippen molar-refractivity contribution in [2.45, 2.75) is 38.3 Å². The molecule has 0 aromatic carbocycles. The minimum atomic E-state index is 0.0865. The highest BCUT2D eigenvalue weighted by atomic mass is 79.9. The van der Waals surface area contributed by atoms with Crippen molar-refractivity contribution in [1.82, 2.24) is 9.78 Å². The highest BCUT2D eigenvalue weighted by Crippen LogP contribution is 2.29. The number of aliphatic hydroxyl groups excluding tert-OH is 1. The van der Waals surface area contributed by atoms with Crippen LogP contribution in [-0.4, -0.2) is 27.6 Å². The molecule has 1 saturated carbocycles. The van der Waals surface area contributed by atoms with Crippen molar-refractivity contribution >= 4 is 15.9 Å². The Hall–Kier alpha value is -0.550. The SMILES string of the molecule is OCCn1ncc(OC2CCCC2)c1Br. The molecule has 1 aliphatic carbocycles. The normalized spacial score (nSPS) is 17.2. The Bertz CT molecular complexity index is 321. The van der Waals surface area contributed by atoms with Gasteiger partial charge in [0.05, 0.1) is 25.5 Å². The lowest BCUT2D eigenvalue weighted by molar-refractivity contribution is 0.207. The molecule has 0 aliphatic heterocycles. The zero-order valence-electron chi connectivity index (χ0n) is 8.53. The van der Waals surface area contributed by atoms with E-state index < -0.39 is 0 Å². The fourth-order valence-electron chi connectivity index (χ4n) is 1.87. The molecule has 0 bridgehead atoms. The summed E-state index contributed by atoms with van der Waals surface area (Å²) in [5.41, 5.74) is 0. The number of aliphatic hydroxyl groups is 1. The van der Waals surface area contributed by atoms with Crippen molar-refractivity contribution in [3.05, 3.63) is 10.8 Å². The van der Waals surface area contributed by atoms with E-state index in [-0.39, 0.29) is 6.61 Å². The molecule has 0 radical (unpaired) electrons. The molecule has 1 aromatic heterocycles. The average molecular weight is 275 g/mol. The zero-order valence-corrected chi connectivity index (χ0v) is 10.1. The Morgan fingerprint density at radius 3 is 2.93 bits per heavy atom. The number of hydrogen-bond acceptors (Lipinski definition) is 3. The Labute approximate surface area is 97.4 Å². The van der Waals surface area contributed by atoms with Gasteiger partial charge >= 0.3 is 0 Å². The minimum Gasteiger partial charge on any atom is -0.486 e. The monoisotopic (exact) mass is 274 g/mol. The van der Waals surface area contributed by atoms with Gasteiger partial charge in [0.2, 0.25) is 0 Å². The van der Waals surface area contributed by atoms with Gasteiger partial charge in [-0.15, -0.1) is 0 Å². The van der Waals surface area contributed by atoms with E-state index in [1.165, 1.54) is 12.8 Å². The number of rotatable bonds is 4. The molecule has 1 aromatic rings. The van der Waals surface area contributed by atoms with E-state index in [2.05, 4.69) is 21.0 Å². The summed E-state index contributed by atoms with van der Waals surface area (Å²) in [6.45, 7) is 0.581. The van der Waals surface area contributed by atoms with Gasteiger partial charge in [-0.3, -0.25) is 4.68 Å². The van der Waals surface area contributed by atoms with Crippen LogP contribution in [0.4, 0.5) is 0 Å². The molecular formula is C10H15BrN2O2. The molecule has 0 unspecified atom stereocenters. The van der Waals surface area contributed by atoms with Crippen LogP contribution in [-0.2, 0) is 6.54 Å². The molecule has 1 aliphatic rings. The molecule has 1 fully saturated rings. The van der Waals surface area contributed by atoms with Gasteiger partial charge in [-0.1, -0.05) is 0 Å².